The number of rotatable bonds is 9. The number of nitrogens with one attached hydrogen (secondary N) is 1. The van der Waals surface area contributed by atoms with Crippen molar-refractivity contribution >= 4 is 23.2 Å². The Morgan fingerprint density at radius 2 is 1.76 bits per heavy atom. The Bertz CT molecular complexity index is 1290. The lowest BCUT2D eigenvalue weighted by Gasteiger charge is -2.45. The molecule has 38 heavy (non-hydrogen) atoms. The summed E-state index contributed by atoms with van der Waals surface area (Å²) in [5.74, 6) is 1.01. The zero-order chi connectivity index (χ0) is 27.3. The number of likely N-dealkylation sites (N-methyl/N-ethyl adjacent to an activating group) is 1. The molecule has 4 rings (SSSR count). The monoisotopic (exact) mass is 537 g/mol. The third kappa shape index (κ3) is 6.44. The number of benzene rings is 3. The lowest BCUT2D eigenvalue weighted by molar-refractivity contribution is -0.384. The van der Waals surface area contributed by atoms with Crippen molar-refractivity contribution in [2.24, 2.45) is 0 Å². The van der Waals surface area contributed by atoms with Crippen molar-refractivity contribution in [2.45, 2.75) is 43.7 Å². The fourth-order valence-electron chi connectivity index (χ4n) is 5.04. The van der Waals surface area contributed by atoms with Gasteiger partial charge in [0.05, 0.1) is 17.6 Å². The van der Waals surface area contributed by atoms with Crippen LogP contribution in [0.3, 0.4) is 0 Å². The van der Waals surface area contributed by atoms with Crippen molar-refractivity contribution in [2.75, 3.05) is 21.2 Å². The quantitative estimate of drug-likeness (QED) is 0.255. The molecule has 0 aromatic heterocycles. The molecule has 0 atom stereocenters. The number of halogens is 1. The van der Waals surface area contributed by atoms with Gasteiger partial charge in [-0.1, -0.05) is 23.7 Å². The van der Waals surface area contributed by atoms with Crippen LogP contribution in [0.5, 0.6) is 17.2 Å². The van der Waals surface area contributed by atoms with Crippen LogP contribution in [0.1, 0.15) is 41.6 Å². The molecule has 0 aliphatic heterocycles. The number of ether oxygens (including phenoxy) is 2. The Kier molecular flexibility index (Phi) is 8.54. The Hall–Kier alpha value is -3.62. The summed E-state index contributed by atoms with van der Waals surface area (Å²) < 4.78 is 11.1. The number of nitro groups is 1. The number of amides is 1. The summed E-state index contributed by atoms with van der Waals surface area (Å²) in [7, 11) is 5.75. The van der Waals surface area contributed by atoms with Crippen molar-refractivity contribution in [3.8, 4) is 17.2 Å². The molecule has 0 radical (unpaired) electrons. The van der Waals surface area contributed by atoms with Gasteiger partial charge in [-0.25, -0.2) is 0 Å². The average Bonchev–Trinajstić information content (AvgIpc) is 2.90. The number of nitrogens with zero attached hydrogens (tertiary/aromatic N) is 2. The molecule has 1 fully saturated rings. The second kappa shape index (κ2) is 11.8. The second-order valence-corrected chi connectivity index (χ2v) is 10.3. The van der Waals surface area contributed by atoms with Gasteiger partial charge >= 0.3 is 0 Å². The molecular weight excluding hydrogens is 506 g/mol. The van der Waals surface area contributed by atoms with E-state index in [-0.39, 0.29) is 28.6 Å². The van der Waals surface area contributed by atoms with E-state index >= 15 is 0 Å². The van der Waals surface area contributed by atoms with Crippen LogP contribution < -0.4 is 14.8 Å². The average molecular weight is 538 g/mol. The molecule has 0 saturated heterocycles. The minimum Gasteiger partial charge on any atom is -0.497 e. The number of carbonyl (C=O) groups excluding carboxylic acids is 1. The van der Waals surface area contributed by atoms with Crippen molar-refractivity contribution in [3.05, 3.63) is 93.0 Å². The predicted molar refractivity (Wildman–Crippen MR) is 147 cm³/mol. The minimum atomic E-state index is -0.518. The van der Waals surface area contributed by atoms with Crippen molar-refractivity contribution in [1.29, 1.82) is 0 Å². The van der Waals surface area contributed by atoms with Gasteiger partial charge in [0.1, 0.15) is 17.2 Å². The Morgan fingerprint density at radius 3 is 2.37 bits per heavy atom. The van der Waals surface area contributed by atoms with Crippen LogP contribution in [0.2, 0.25) is 5.02 Å². The van der Waals surface area contributed by atoms with Gasteiger partial charge in [-0.05, 0) is 94.2 Å². The van der Waals surface area contributed by atoms with Gasteiger partial charge in [0.2, 0.25) is 0 Å². The Morgan fingerprint density at radius 1 is 1.08 bits per heavy atom. The second-order valence-electron chi connectivity index (χ2n) is 9.89. The van der Waals surface area contributed by atoms with Gasteiger partial charge < -0.3 is 19.7 Å². The zero-order valence-electron chi connectivity index (χ0n) is 21.8. The highest BCUT2D eigenvalue weighted by molar-refractivity contribution is 6.30. The highest BCUT2D eigenvalue weighted by Gasteiger charge is 2.38. The number of non-ortho nitro benzene ring substituents is 1. The molecule has 0 heterocycles. The van der Waals surface area contributed by atoms with E-state index in [1.54, 1.807) is 31.4 Å². The first kappa shape index (κ1) is 27.4. The van der Waals surface area contributed by atoms with Crippen LogP contribution in [-0.4, -0.2) is 48.5 Å². The van der Waals surface area contributed by atoms with Gasteiger partial charge in [-0.15, -0.1) is 0 Å². The standard InChI is InChI=1S/C29H32ClN3O5/c1-32(2)29(19-20-5-4-6-21(30)17-20)15-13-22(14-16-29)31-28(34)26-18-23(33(35)36)7-12-27(26)38-25-10-8-24(37-3)9-11-25/h4-12,17-18,22H,13-16,19H2,1-3H3,(H,31,34). The number of hydrogen-bond acceptors (Lipinski definition) is 6. The molecule has 8 nitrogen and oxygen atoms in total. The largest absolute Gasteiger partial charge is 0.497 e. The summed E-state index contributed by atoms with van der Waals surface area (Å²) in [6, 6.07) is 18.9. The van der Waals surface area contributed by atoms with Gasteiger partial charge in [-0.2, -0.15) is 0 Å². The molecule has 1 saturated carbocycles. The normalized spacial score (nSPS) is 19.1. The third-order valence-corrected chi connectivity index (χ3v) is 7.56. The fraction of sp³-hybridized carbons (Fsp3) is 0.345. The predicted octanol–water partition coefficient (Wildman–Crippen LogP) is 6.26. The first-order valence-corrected chi connectivity index (χ1v) is 12.9. The van der Waals surface area contributed by atoms with Crippen molar-refractivity contribution in [3.63, 3.8) is 0 Å². The molecule has 3 aromatic rings. The van der Waals surface area contributed by atoms with Crippen LogP contribution in [0.25, 0.3) is 0 Å². The summed E-state index contributed by atoms with van der Waals surface area (Å²) in [4.78, 5) is 26.5. The number of methoxy groups -OCH3 is 1. The zero-order valence-corrected chi connectivity index (χ0v) is 22.5. The van der Waals surface area contributed by atoms with E-state index in [2.05, 4.69) is 30.4 Å². The lowest BCUT2D eigenvalue weighted by atomic mass is 9.74. The molecule has 0 spiro atoms. The highest BCUT2D eigenvalue weighted by Crippen LogP contribution is 2.36. The van der Waals surface area contributed by atoms with E-state index in [1.165, 1.54) is 23.8 Å². The SMILES string of the molecule is COc1ccc(Oc2ccc([N+](=O)[O-])cc2C(=O)NC2CCC(Cc3cccc(Cl)c3)(N(C)C)CC2)cc1. The van der Waals surface area contributed by atoms with E-state index in [0.717, 1.165) is 37.1 Å². The lowest BCUT2D eigenvalue weighted by Crippen LogP contribution is -2.52. The minimum absolute atomic E-state index is 0.0416. The van der Waals surface area contributed by atoms with Gasteiger partial charge in [0.25, 0.3) is 11.6 Å². The van der Waals surface area contributed by atoms with E-state index < -0.39 is 10.8 Å². The molecule has 0 unspecified atom stereocenters. The van der Waals surface area contributed by atoms with Gasteiger partial charge in [0.15, 0.2) is 0 Å². The smallest absolute Gasteiger partial charge is 0.270 e. The first-order chi connectivity index (χ1) is 18.2. The molecule has 0 bridgehead atoms. The molecule has 3 aromatic carbocycles. The Labute approximate surface area is 227 Å². The molecular formula is C29H32ClN3O5. The summed E-state index contributed by atoms with van der Waals surface area (Å²) in [5, 5.41) is 15.2. The maximum atomic E-state index is 13.4. The van der Waals surface area contributed by atoms with Gasteiger partial charge in [0, 0.05) is 28.7 Å². The van der Waals surface area contributed by atoms with Crippen molar-refractivity contribution in [1.82, 2.24) is 10.2 Å². The molecule has 1 N–H and O–H groups in total. The topological polar surface area (TPSA) is 93.9 Å². The summed E-state index contributed by atoms with van der Waals surface area (Å²) in [5.41, 5.74) is 1.10. The molecule has 1 aliphatic rings. The summed E-state index contributed by atoms with van der Waals surface area (Å²) >= 11 is 6.22. The van der Waals surface area contributed by atoms with Gasteiger partial charge in [-0.3, -0.25) is 14.9 Å². The molecule has 1 aliphatic carbocycles. The third-order valence-electron chi connectivity index (χ3n) is 7.33. The molecule has 1 amide bonds. The van der Waals surface area contributed by atoms with E-state index in [0.29, 0.717) is 11.5 Å². The molecule has 200 valence electrons. The maximum absolute atomic E-state index is 13.4. The first-order valence-electron chi connectivity index (χ1n) is 12.5. The van der Waals surface area contributed by atoms with E-state index in [9.17, 15) is 14.9 Å². The fourth-order valence-corrected chi connectivity index (χ4v) is 5.25. The van der Waals surface area contributed by atoms with Crippen LogP contribution >= 0.6 is 11.6 Å². The number of nitro benzene ring substituents is 1. The van der Waals surface area contributed by atoms with Crippen molar-refractivity contribution < 1.29 is 19.2 Å². The summed E-state index contributed by atoms with van der Waals surface area (Å²) in [6.07, 6.45) is 4.22. The van der Waals surface area contributed by atoms with Crippen LogP contribution in [0.15, 0.2) is 66.7 Å². The maximum Gasteiger partial charge on any atom is 0.270 e. The van der Waals surface area contributed by atoms with Crippen LogP contribution in [-0.2, 0) is 6.42 Å². The number of hydrogen-bond donors (Lipinski definition) is 1. The van der Waals surface area contributed by atoms with E-state index in [1.807, 2.05) is 18.2 Å². The molecule has 9 heteroatoms. The van der Waals surface area contributed by atoms with E-state index in [4.69, 9.17) is 21.1 Å². The number of carbonyl (C=O) groups is 1. The van der Waals surface area contributed by atoms with Crippen LogP contribution in [0, 0.1) is 10.1 Å². The van der Waals surface area contributed by atoms with Crippen LogP contribution in [0.4, 0.5) is 5.69 Å². The highest BCUT2D eigenvalue weighted by atomic mass is 35.5. The Balaban J connectivity index is 1.48. The summed E-state index contributed by atoms with van der Waals surface area (Å²) in [6.45, 7) is 0.